The summed E-state index contributed by atoms with van der Waals surface area (Å²) in [4.78, 5) is 16.6. The van der Waals surface area contributed by atoms with Crippen molar-refractivity contribution in [3.05, 3.63) is 82.1 Å². The molecule has 2 aromatic carbocycles. The summed E-state index contributed by atoms with van der Waals surface area (Å²) in [5.41, 5.74) is 4.67. The molecule has 2 heterocycles. The maximum Gasteiger partial charge on any atom is 0.234 e. The predicted molar refractivity (Wildman–Crippen MR) is 130 cm³/mol. The fraction of sp³-hybridized carbons (Fsp3) is 0.130. The molecule has 0 saturated heterocycles. The molecule has 0 atom stereocenters. The first-order valence-corrected chi connectivity index (χ1v) is 11.5. The Labute approximate surface area is 200 Å². The number of amides is 1. The van der Waals surface area contributed by atoms with E-state index in [0.29, 0.717) is 26.7 Å². The Morgan fingerprint density at radius 3 is 2.50 bits per heavy atom. The first kappa shape index (κ1) is 22.3. The number of hydrogen-bond acceptors (Lipinski definition) is 5. The molecule has 0 fully saturated rings. The van der Waals surface area contributed by atoms with Gasteiger partial charge in [0.05, 0.1) is 22.2 Å². The van der Waals surface area contributed by atoms with Crippen molar-refractivity contribution in [3.8, 4) is 17.1 Å². The van der Waals surface area contributed by atoms with Gasteiger partial charge < -0.3 is 5.32 Å². The van der Waals surface area contributed by atoms with Crippen LogP contribution in [0, 0.1) is 13.8 Å². The van der Waals surface area contributed by atoms with Gasteiger partial charge in [-0.3, -0.25) is 14.3 Å². The lowest BCUT2D eigenvalue weighted by atomic mass is 10.1. The second-order valence-electron chi connectivity index (χ2n) is 7.11. The number of aromatic nitrogens is 4. The van der Waals surface area contributed by atoms with Crippen LogP contribution in [0.4, 0.5) is 5.69 Å². The van der Waals surface area contributed by atoms with Crippen molar-refractivity contribution in [1.29, 1.82) is 0 Å². The van der Waals surface area contributed by atoms with Gasteiger partial charge in [0.1, 0.15) is 0 Å². The molecule has 1 amide bonds. The highest BCUT2D eigenvalue weighted by atomic mass is 35.5. The molecule has 0 spiro atoms. The molecule has 32 heavy (non-hydrogen) atoms. The molecule has 6 nitrogen and oxygen atoms in total. The minimum atomic E-state index is -0.209. The number of anilines is 1. The SMILES string of the molecule is Cc1ccc(-n2c(SCC(=O)Nc3ccc(Cl)cc3Cl)nnc2-c2ccncc2)cc1C. The van der Waals surface area contributed by atoms with Gasteiger partial charge in [0.2, 0.25) is 5.91 Å². The Morgan fingerprint density at radius 2 is 1.78 bits per heavy atom. The van der Waals surface area contributed by atoms with Crippen LogP contribution in [0.15, 0.2) is 66.1 Å². The monoisotopic (exact) mass is 483 g/mol. The number of rotatable bonds is 6. The number of carbonyl (C=O) groups excluding carboxylic acids is 1. The van der Waals surface area contributed by atoms with E-state index in [2.05, 4.69) is 46.5 Å². The highest BCUT2D eigenvalue weighted by molar-refractivity contribution is 7.99. The van der Waals surface area contributed by atoms with Gasteiger partial charge in [-0.2, -0.15) is 0 Å². The summed E-state index contributed by atoms with van der Waals surface area (Å²) in [6.07, 6.45) is 3.43. The molecule has 4 aromatic rings. The van der Waals surface area contributed by atoms with Gasteiger partial charge in [0.15, 0.2) is 11.0 Å². The number of pyridine rings is 1. The van der Waals surface area contributed by atoms with Gasteiger partial charge in [0, 0.05) is 23.0 Å². The van der Waals surface area contributed by atoms with Gasteiger partial charge in [-0.05, 0) is 67.4 Å². The van der Waals surface area contributed by atoms with Crippen molar-refractivity contribution in [2.45, 2.75) is 19.0 Å². The standard InChI is InChI=1S/C23H19Cl2N5OS/c1-14-3-5-18(11-15(14)2)30-22(16-7-9-26-10-8-16)28-29-23(30)32-13-21(31)27-20-6-4-17(24)12-19(20)25/h3-12H,13H2,1-2H3,(H,27,31). The van der Waals surface area contributed by atoms with Crippen molar-refractivity contribution in [3.63, 3.8) is 0 Å². The van der Waals surface area contributed by atoms with E-state index in [1.165, 1.54) is 17.3 Å². The van der Waals surface area contributed by atoms with Crippen LogP contribution in [-0.2, 0) is 4.79 Å². The summed E-state index contributed by atoms with van der Waals surface area (Å²) in [7, 11) is 0. The third-order valence-corrected chi connectivity index (χ3v) is 6.33. The van der Waals surface area contributed by atoms with Gasteiger partial charge in [-0.25, -0.2) is 0 Å². The minimum absolute atomic E-state index is 0.137. The summed E-state index contributed by atoms with van der Waals surface area (Å²) in [5.74, 6) is 0.608. The number of aryl methyl sites for hydroxylation is 2. The average molecular weight is 484 g/mol. The molecule has 162 valence electrons. The van der Waals surface area contributed by atoms with Gasteiger partial charge >= 0.3 is 0 Å². The number of nitrogens with zero attached hydrogens (tertiary/aromatic N) is 4. The molecule has 1 N–H and O–H groups in total. The molecule has 0 aliphatic carbocycles. The lowest BCUT2D eigenvalue weighted by Crippen LogP contribution is -2.15. The molecule has 0 aliphatic heterocycles. The van der Waals surface area contributed by atoms with Crippen molar-refractivity contribution in [1.82, 2.24) is 19.7 Å². The average Bonchev–Trinajstić information content (AvgIpc) is 3.21. The third-order valence-electron chi connectivity index (χ3n) is 4.86. The van der Waals surface area contributed by atoms with E-state index in [1.807, 2.05) is 22.8 Å². The van der Waals surface area contributed by atoms with E-state index >= 15 is 0 Å². The normalized spacial score (nSPS) is 10.9. The highest BCUT2D eigenvalue weighted by Gasteiger charge is 2.18. The number of thioether (sulfide) groups is 1. The zero-order valence-corrected chi connectivity index (χ0v) is 19.7. The maximum atomic E-state index is 12.6. The molecule has 9 heteroatoms. The topological polar surface area (TPSA) is 72.7 Å². The molecular weight excluding hydrogens is 465 g/mol. The second-order valence-corrected chi connectivity index (χ2v) is 8.89. The molecular formula is C23H19Cl2N5OS. The van der Waals surface area contributed by atoms with Crippen molar-refractivity contribution < 1.29 is 4.79 Å². The van der Waals surface area contributed by atoms with Gasteiger partial charge in [-0.15, -0.1) is 10.2 Å². The lowest BCUT2D eigenvalue weighted by molar-refractivity contribution is -0.113. The smallest absolute Gasteiger partial charge is 0.234 e. The first-order valence-electron chi connectivity index (χ1n) is 9.73. The molecule has 4 rings (SSSR count). The predicted octanol–water partition coefficient (Wildman–Crippen LogP) is 5.98. The zero-order chi connectivity index (χ0) is 22.7. The minimum Gasteiger partial charge on any atom is -0.324 e. The van der Waals surface area contributed by atoms with Gasteiger partial charge in [0.25, 0.3) is 0 Å². The van der Waals surface area contributed by atoms with Crippen LogP contribution in [0.1, 0.15) is 11.1 Å². The van der Waals surface area contributed by atoms with E-state index in [4.69, 9.17) is 23.2 Å². The van der Waals surface area contributed by atoms with E-state index in [0.717, 1.165) is 16.8 Å². The van der Waals surface area contributed by atoms with Crippen LogP contribution < -0.4 is 5.32 Å². The molecule has 0 radical (unpaired) electrons. The van der Waals surface area contributed by atoms with E-state index in [9.17, 15) is 4.79 Å². The van der Waals surface area contributed by atoms with Crippen LogP contribution in [0.2, 0.25) is 10.0 Å². The molecule has 0 aliphatic rings. The summed E-state index contributed by atoms with van der Waals surface area (Å²) < 4.78 is 1.95. The maximum absolute atomic E-state index is 12.6. The van der Waals surface area contributed by atoms with E-state index in [1.54, 1.807) is 30.6 Å². The Bertz CT molecular complexity index is 1280. The van der Waals surface area contributed by atoms with Crippen LogP contribution in [0.5, 0.6) is 0 Å². The second kappa shape index (κ2) is 9.73. The number of benzene rings is 2. The number of hydrogen-bond donors (Lipinski definition) is 1. The van der Waals surface area contributed by atoms with Crippen molar-refractivity contribution >= 4 is 46.6 Å². The van der Waals surface area contributed by atoms with E-state index < -0.39 is 0 Å². The summed E-state index contributed by atoms with van der Waals surface area (Å²) in [6.45, 7) is 4.13. The number of nitrogens with one attached hydrogen (secondary N) is 1. The van der Waals surface area contributed by atoms with E-state index in [-0.39, 0.29) is 11.7 Å². The lowest BCUT2D eigenvalue weighted by Gasteiger charge is -2.12. The third kappa shape index (κ3) is 4.96. The van der Waals surface area contributed by atoms with Crippen molar-refractivity contribution in [2.24, 2.45) is 0 Å². The quantitative estimate of drug-likeness (QED) is 0.341. The van der Waals surface area contributed by atoms with Crippen LogP contribution in [0.25, 0.3) is 17.1 Å². The summed E-state index contributed by atoms with van der Waals surface area (Å²) in [6, 6.07) is 14.9. The number of halogens is 2. The number of carbonyl (C=O) groups is 1. The largest absolute Gasteiger partial charge is 0.324 e. The molecule has 0 saturated carbocycles. The Hall–Kier alpha value is -2.87. The molecule has 0 bridgehead atoms. The fourth-order valence-electron chi connectivity index (χ4n) is 3.06. The summed E-state index contributed by atoms with van der Waals surface area (Å²) in [5, 5.41) is 13.1. The summed E-state index contributed by atoms with van der Waals surface area (Å²) >= 11 is 13.4. The first-order chi connectivity index (χ1) is 15.4. The van der Waals surface area contributed by atoms with Crippen LogP contribution >= 0.6 is 35.0 Å². The van der Waals surface area contributed by atoms with Crippen LogP contribution in [0.3, 0.4) is 0 Å². The van der Waals surface area contributed by atoms with Gasteiger partial charge in [-0.1, -0.05) is 41.0 Å². The Balaban J connectivity index is 1.61. The fourth-order valence-corrected chi connectivity index (χ4v) is 4.26. The Morgan fingerprint density at radius 1 is 1.00 bits per heavy atom. The van der Waals surface area contributed by atoms with Crippen LogP contribution in [-0.4, -0.2) is 31.4 Å². The Kier molecular flexibility index (Phi) is 6.79. The highest BCUT2D eigenvalue weighted by Crippen LogP contribution is 2.29. The molecule has 0 unspecified atom stereocenters. The van der Waals surface area contributed by atoms with Crippen molar-refractivity contribution in [2.75, 3.05) is 11.1 Å². The molecule has 2 aromatic heterocycles. The zero-order valence-electron chi connectivity index (χ0n) is 17.3.